The second-order valence-electron chi connectivity index (χ2n) is 8.43. The topological polar surface area (TPSA) is 91.8 Å². The molecule has 2 N–H and O–H groups in total. The first-order valence-corrected chi connectivity index (χ1v) is 10.9. The molecule has 31 heavy (non-hydrogen) atoms. The molecule has 3 heterocycles. The fourth-order valence-corrected chi connectivity index (χ4v) is 4.40. The van der Waals surface area contributed by atoms with Crippen LogP contribution < -0.4 is 5.73 Å². The zero-order valence-corrected chi connectivity index (χ0v) is 17.6. The van der Waals surface area contributed by atoms with Crippen molar-refractivity contribution in [3.63, 3.8) is 0 Å². The number of benzene rings is 1. The van der Waals surface area contributed by atoms with Gasteiger partial charge in [0.15, 0.2) is 0 Å². The van der Waals surface area contributed by atoms with Gasteiger partial charge in [0.2, 0.25) is 5.91 Å². The van der Waals surface area contributed by atoms with E-state index in [0.717, 1.165) is 43.9 Å². The van der Waals surface area contributed by atoms with Gasteiger partial charge in [0.25, 0.3) is 0 Å². The molecule has 0 radical (unpaired) electrons. The highest BCUT2D eigenvalue weighted by atomic mass is 19.1. The number of nitrogens with two attached hydrogens (primary N) is 1. The first kappa shape index (κ1) is 21.9. The minimum Gasteiger partial charge on any atom is -0.378 e. The zero-order chi connectivity index (χ0) is 21.8. The molecule has 1 amide bonds. The van der Waals surface area contributed by atoms with Crippen molar-refractivity contribution in [2.45, 2.75) is 37.5 Å². The average molecular weight is 429 g/mol. The van der Waals surface area contributed by atoms with Gasteiger partial charge < -0.3 is 15.2 Å². The third-order valence-electron chi connectivity index (χ3n) is 6.43. The largest absolute Gasteiger partial charge is 0.378 e. The number of carbonyl (C=O) groups excluding carboxylic acids is 1. The number of halogens is 1. The molecule has 2 atom stereocenters. The molecule has 1 aromatic rings. The van der Waals surface area contributed by atoms with Crippen molar-refractivity contribution in [2.24, 2.45) is 5.73 Å². The molecule has 0 spiro atoms. The number of hydrogen-bond donors (Lipinski definition) is 1. The number of hydrogen-bond acceptors (Lipinski definition) is 6. The van der Waals surface area contributed by atoms with Crippen LogP contribution in [0.1, 0.15) is 24.0 Å². The quantitative estimate of drug-likeness (QED) is 0.735. The van der Waals surface area contributed by atoms with E-state index in [4.69, 9.17) is 15.2 Å². The average Bonchev–Trinajstić information content (AvgIpc) is 2.99. The maximum Gasteiger partial charge on any atom is 0.247 e. The minimum absolute atomic E-state index is 0.253. The lowest BCUT2D eigenvalue weighted by molar-refractivity contribution is -0.129. The highest BCUT2D eigenvalue weighted by molar-refractivity contribution is 5.79. The Morgan fingerprint density at radius 2 is 2.19 bits per heavy atom. The minimum atomic E-state index is -0.741. The standard InChI is InChI=1S/C23H29FN4O3/c24-21-11-17(16-4-7-27(8-5-16)20-14-30-15-20)2-3-18(21)10-19(12-25)28-6-1-9-31-22(13-28)23(26)29/h2-4,11,19-20,22H,1,5-10,13-15H2,(H2,26,29)/t19-,22-/m0/s1. The summed E-state index contributed by atoms with van der Waals surface area (Å²) in [6, 6.07) is 7.53. The molecular weight excluding hydrogens is 399 g/mol. The summed E-state index contributed by atoms with van der Waals surface area (Å²) in [5, 5.41) is 9.71. The molecule has 8 heteroatoms. The van der Waals surface area contributed by atoms with Crippen LogP contribution in [-0.4, -0.2) is 79.9 Å². The van der Waals surface area contributed by atoms with Crippen LogP contribution in [0.15, 0.2) is 24.3 Å². The first-order chi connectivity index (χ1) is 15.0. The Morgan fingerprint density at radius 1 is 1.35 bits per heavy atom. The van der Waals surface area contributed by atoms with Gasteiger partial charge in [0.05, 0.1) is 25.3 Å². The van der Waals surface area contributed by atoms with Gasteiger partial charge in [-0.3, -0.25) is 14.6 Å². The molecule has 3 aliphatic rings. The fourth-order valence-electron chi connectivity index (χ4n) is 4.40. The van der Waals surface area contributed by atoms with Crippen LogP contribution in [0.4, 0.5) is 4.39 Å². The van der Waals surface area contributed by atoms with Crippen LogP contribution in [0.3, 0.4) is 0 Å². The summed E-state index contributed by atoms with van der Waals surface area (Å²) in [5.41, 5.74) is 7.95. The molecule has 2 fully saturated rings. The lowest BCUT2D eigenvalue weighted by Gasteiger charge is -2.38. The number of nitriles is 1. The molecule has 7 nitrogen and oxygen atoms in total. The van der Waals surface area contributed by atoms with Crippen LogP contribution in [0, 0.1) is 17.1 Å². The first-order valence-electron chi connectivity index (χ1n) is 10.9. The van der Waals surface area contributed by atoms with E-state index in [0.29, 0.717) is 31.2 Å². The van der Waals surface area contributed by atoms with Crippen molar-refractivity contribution in [2.75, 3.05) is 46.0 Å². The molecule has 0 unspecified atom stereocenters. The number of ether oxygens (including phenoxy) is 2. The summed E-state index contributed by atoms with van der Waals surface area (Å²) in [5.74, 6) is -0.839. The van der Waals surface area contributed by atoms with Gasteiger partial charge in [-0.2, -0.15) is 5.26 Å². The van der Waals surface area contributed by atoms with Crippen molar-refractivity contribution in [3.8, 4) is 6.07 Å². The maximum absolute atomic E-state index is 14.9. The number of primary amides is 1. The van der Waals surface area contributed by atoms with E-state index in [1.54, 1.807) is 12.1 Å². The molecular formula is C23H29FN4O3. The van der Waals surface area contributed by atoms with Crippen LogP contribution in [0.5, 0.6) is 0 Å². The summed E-state index contributed by atoms with van der Waals surface area (Å²) in [7, 11) is 0. The van der Waals surface area contributed by atoms with Crippen LogP contribution >= 0.6 is 0 Å². The van der Waals surface area contributed by atoms with Gasteiger partial charge in [-0.15, -0.1) is 0 Å². The van der Waals surface area contributed by atoms with Gasteiger partial charge in [-0.25, -0.2) is 4.39 Å². The van der Waals surface area contributed by atoms with Crippen LogP contribution in [0.25, 0.3) is 5.57 Å². The molecule has 0 bridgehead atoms. The van der Waals surface area contributed by atoms with E-state index in [9.17, 15) is 14.4 Å². The Hall–Kier alpha value is -2.31. The Morgan fingerprint density at radius 3 is 2.81 bits per heavy atom. The molecule has 0 saturated carbocycles. The van der Waals surface area contributed by atoms with Gasteiger partial charge in [-0.1, -0.05) is 18.2 Å². The van der Waals surface area contributed by atoms with E-state index >= 15 is 0 Å². The van der Waals surface area contributed by atoms with Crippen molar-refractivity contribution in [1.29, 1.82) is 5.26 Å². The Labute approximate surface area is 182 Å². The van der Waals surface area contributed by atoms with Gasteiger partial charge in [-0.05, 0) is 35.6 Å². The molecule has 0 aromatic heterocycles. The van der Waals surface area contributed by atoms with Gasteiger partial charge in [0.1, 0.15) is 18.0 Å². The monoisotopic (exact) mass is 428 g/mol. The van der Waals surface area contributed by atoms with Gasteiger partial charge in [0, 0.05) is 39.2 Å². The lowest BCUT2D eigenvalue weighted by atomic mass is 9.95. The molecule has 3 aliphatic heterocycles. The van der Waals surface area contributed by atoms with E-state index in [-0.39, 0.29) is 18.8 Å². The second kappa shape index (κ2) is 9.88. The number of amides is 1. The van der Waals surface area contributed by atoms with E-state index in [1.165, 1.54) is 0 Å². The lowest BCUT2D eigenvalue weighted by Crippen LogP contribution is -2.50. The molecule has 0 aliphatic carbocycles. The third kappa shape index (κ3) is 5.13. The summed E-state index contributed by atoms with van der Waals surface area (Å²) in [6.07, 6.45) is 3.27. The van der Waals surface area contributed by atoms with Crippen molar-refractivity contribution >= 4 is 11.5 Å². The fraction of sp³-hybridized carbons (Fsp3) is 0.565. The Balaban J connectivity index is 1.42. The van der Waals surface area contributed by atoms with Crippen molar-refractivity contribution < 1.29 is 18.7 Å². The molecule has 166 valence electrons. The zero-order valence-electron chi connectivity index (χ0n) is 17.6. The summed E-state index contributed by atoms with van der Waals surface area (Å²) >= 11 is 0. The predicted molar refractivity (Wildman–Crippen MR) is 113 cm³/mol. The van der Waals surface area contributed by atoms with Crippen LogP contribution in [-0.2, 0) is 20.7 Å². The Kier molecular flexibility index (Phi) is 6.98. The van der Waals surface area contributed by atoms with Crippen LogP contribution in [0.2, 0.25) is 0 Å². The predicted octanol–water partition coefficient (Wildman–Crippen LogP) is 1.32. The summed E-state index contributed by atoms with van der Waals surface area (Å²) < 4.78 is 25.7. The van der Waals surface area contributed by atoms with Crippen molar-refractivity contribution in [3.05, 3.63) is 41.2 Å². The van der Waals surface area contributed by atoms with E-state index < -0.39 is 18.1 Å². The summed E-state index contributed by atoms with van der Waals surface area (Å²) in [6.45, 7) is 4.70. The normalized spacial score (nSPS) is 24.5. The maximum atomic E-state index is 14.9. The van der Waals surface area contributed by atoms with E-state index in [1.807, 2.05) is 11.0 Å². The third-order valence-corrected chi connectivity index (χ3v) is 6.43. The number of rotatable bonds is 6. The highest BCUT2D eigenvalue weighted by Gasteiger charge is 2.29. The highest BCUT2D eigenvalue weighted by Crippen LogP contribution is 2.27. The smallest absolute Gasteiger partial charge is 0.247 e. The summed E-state index contributed by atoms with van der Waals surface area (Å²) in [4.78, 5) is 15.8. The molecule has 2 saturated heterocycles. The number of carbonyl (C=O) groups is 1. The SMILES string of the molecule is N#C[C@H](Cc1ccc(C2=CCN(C3COC3)CC2)cc1F)N1CCCO[C@H](C(N)=O)C1. The Bertz CT molecular complexity index is 880. The van der Waals surface area contributed by atoms with Gasteiger partial charge >= 0.3 is 0 Å². The second-order valence-corrected chi connectivity index (χ2v) is 8.43. The van der Waals surface area contributed by atoms with E-state index in [2.05, 4.69) is 17.0 Å². The van der Waals surface area contributed by atoms with Crippen molar-refractivity contribution in [1.82, 2.24) is 9.80 Å². The molecule has 1 aromatic carbocycles. The molecule has 4 rings (SSSR count). The number of nitrogens with zero attached hydrogens (tertiary/aromatic N) is 3.